The van der Waals surface area contributed by atoms with Crippen molar-refractivity contribution in [2.24, 2.45) is 0 Å². The minimum atomic E-state index is -4.44. The van der Waals surface area contributed by atoms with Crippen LogP contribution in [0.5, 0.6) is 0 Å². The molecule has 1 atom stereocenters. The quantitative estimate of drug-likeness (QED) is 0.783. The molecule has 0 bridgehead atoms. The van der Waals surface area contributed by atoms with Crippen molar-refractivity contribution in [1.82, 2.24) is 0 Å². The molecular formula is C10H6BrF3O. The summed E-state index contributed by atoms with van der Waals surface area (Å²) in [5.41, 5.74) is -0.803. The number of hydrogen-bond donors (Lipinski definition) is 1. The van der Waals surface area contributed by atoms with Gasteiger partial charge in [0.1, 0.15) is 6.10 Å². The van der Waals surface area contributed by atoms with Crippen LogP contribution in [0.1, 0.15) is 17.2 Å². The molecule has 1 N–H and O–H groups in total. The molecule has 1 rings (SSSR count). The number of alkyl halides is 3. The molecule has 5 heteroatoms. The topological polar surface area (TPSA) is 20.2 Å². The summed E-state index contributed by atoms with van der Waals surface area (Å²) in [7, 11) is 0. The molecule has 0 radical (unpaired) electrons. The molecule has 0 aliphatic carbocycles. The van der Waals surface area contributed by atoms with Crippen molar-refractivity contribution in [2.45, 2.75) is 12.3 Å². The molecule has 1 nitrogen and oxygen atoms in total. The van der Waals surface area contributed by atoms with Crippen LogP contribution in [0, 0.1) is 12.3 Å². The van der Waals surface area contributed by atoms with Gasteiger partial charge in [-0.2, -0.15) is 13.2 Å². The highest BCUT2D eigenvalue weighted by molar-refractivity contribution is 9.10. The van der Waals surface area contributed by atoms with Crippen LogP contribution in [0.2, 0.25) is 0 Å². The van der Waals surface area contributed by atoms with Gasteiger partial charge in [0.25, 0.3) is 0 Å². The molecule has 0 aromatic heterocycles. The second kappa shape index (κ2) is 4.25. The van der Waals surface area contributed by atoms with Gasteiger partial charge in [-0.1, -0.05) is 21.9 Å². The summed E-state index contributed by atoms with van der Waals surface area (Å²) < 4.78 is 37.3. The van der Waals surface area contributed by atoms with Gasteiger partial charge in [0, 0.05) is 10.0 Å². The molecule has 0 amide bonds. The first-order valence-electron chi connectivity index (χ1n) is 3.87. The van der Waals surface area contributed by atoms with E-state index in [0.29, 0.717) is 4.47 Å². The lowest BCUT2D eigenvalue weighted by Gasteiger charge is -2.11. The van der Waals surface area contributed by atoms with Crippen LogP contribution in [-0.2, 0) is 6.18 Å². The van der Waals surface area contributed by atoms with Crippen molar-refractivity contribution in [1.29, 1.82) is 0 Å². The minimum absolute atomic E-state index is 0.0346. The van der Waals surface area contributed by atoms with Crippen LogP contribution in [0.3, 0.4) is 0 Å². The number of terminal acetylenes is 1. The van der Waals surface area contributed by atoms with Crippen LogP contribution in [-0.4, -0.2) is 5.11 Å². The third-order valence-electron chi connectivity index (χ3n) is 1.78. The number of aliphatic hydroxyl groups excluding tert-OH is 1. The Labute approximate surface area is 93.0 Å². The average Bonchev–Trinajstić information content (AvgIpc) is 2.15. The molecule has 0 fully saturated rings. The third kappa shape index (κ3) is 2.74. The van der Waals surface area contributed by atoms with Crippen molar-refractivity contribution in [2.75, 3.05) is 0 Å². The van der Waals surface area contributed by atoms with E-state index >= 15 is 0 Å². The van der Waals surface area contributed by atoms with Gasteiger partial charge >= 0.3 is 6.18 Å². The van der Waals surface area contributed by atoms with Crippen molar-refractivity contribution < 1.29 is 18.3 Å². The van der Waals surface area contributed by atoms with E-state index in [2.05, 4.69) is 15.9 Å². The molecule has 1 aromatic rings. The Balaban J connectivity index is 3.24. The zero-order valence-electron chi connectivity index (χ0n) is 7.35. The zero-order valence-corrected chi connectivity index (χ0v) is 8.93. The van der Waals surface area contributed by atoms with Crippen molar-refractivity contribution in [3.8, 4) is 12.3 Å². The van der Waals surface area contributed by atoms with Crippen LogP contribution in [0.15, 0.2) is 22.7 Å². The maximum absolute atomic E-state index is 12.3. The van der Waals surface area contributed by atoms with Gasteiger partial charge in [-0.05, 0) is 18.2 Å². The second-order valence-electron chi connectivity index (χ2n) is 2.80. The summed E-state index contributed by atoms with van der Waals surface area (Å²) >= 11 is 3.02. The molecule has 0 saturated carbocycles. The van der Waals surface area contributed by atoms with Crippen LogP contribution in [0.25, 0.3) is 0 Å². The second-order valence-corrected chi connectivity index (χ2v) is 3.66. The van der Waals surface area contributed by atoms with Gasteiger partial charge in [-0.25, -0.2) is 0 Å². The Morgan fingerprint density at radius 3 is 2.47 bits per heavy atom. The number of hydrogen-bond acceptors (Lipinski definition) is 1. The fourth-order valence-electron chi connectivity index (χ4n) is 1.02. The highest BCUT2D eigenvalue weighted by atomic mass is 79.9. The monoisotopic (exact) mass is 278 g/mol. The molecule has 0 spiro atoms. The van der Waals surface area contributed by atoms with E-state index in [-0.39, 0.29) is 5.56 Å². The molecule has 1 aromatic carbocycles. The summed E-state index contributed by atoms with van der Waals surface area (Å²) in [5.74, 6) is 1.96. The van der Waals surface area contributed by atoms with Gasteiger partial charge in [0.15, 0.2) is 0 Å². The van der Waals surface area contributed by atoms with Gasteiger partial charge in [-0.3, -0.25) is 0 Å². The standard InChI is InChI=1S/C10H6BrF3O/c1-2-9(15)7-5-6(10(12,13)14)3-4-8(7)11/h1,3-5,9,15H. The molecule has 80 valence electrons. The number of benzene rings is 1. The molecule has 15 heavy (non-hydrogen) atoms. The predicted molar refractivity (Wildman–Crippen MR) is 52.9 cm³/mol. The number of halogens is 4. The summed E-state index contributed by atoms with van der Waals surface area (Å²) in [4.78, 5) is 0. The van der Waals surface area contributed by atoms with E-state index in [4.69, 9.17) is 6.42 Å². The van der Waals surface area contributed by atoms with Gasteiger partial charge in [0.2, 0.25) is 0 Å². The molecule has 0 heterocycles. The first-order chi connectivity index (χ1) is 6.86. The SMILES string of the molecule is C#CC(O)c1cc(C(F)(F)F)ccc1Br. The van der Waals surface area contributed by atoms with Gasteiger partial charge in [0.05, 0.1) is 5.56 Å². The smallest absolute Gasteiger partial charge is 0.376 e. The first kappa shape index (κ1) is 12.1. The van der Waals surface area contributed by atoms with Crippen molar-refractivity contribution in [3.05, 3.63) is 33.8 Å². The van der Waals surface area contributed by atoms with Gasteiger partial charge in [-0.15, -0.1) is 6.42 Å². The van der Waals surface area contributed by atoms with E-state index in [1.165, 1.54) is 6.07 Å². The average molecular weight is 279 g/mol. The minimum Gasteiger partial charge on any atom is -0.376 e. The Bertz CT molecular complexity index is 406. The molecule has 0 aliphatic rings. The van der Waals surface area contributed by atoms with E-state index in [1.807, 2.05) is 5.92 Å². The maximum Gasteiger partial charge on any atom is 0.416 e. The molecular weight excluding hydrogens is 273 g/mol. The number of aliphatic hydroxyl groups is 1. The Morgan fingerprint density at radius 2 is 2.00 bits per heavy atom. The summed E-state index contributed by atoms with van der Waals surface area (Å²) in [6.07, 6.45) is -0.856. The van der Waals surface area contributed by atoms with Crippen LogP contribution < -0.4 is 0 Å². The normalized spacial score (nSPS) is 13.3. The Morgan fingerprint density at radius 1 is 1.40 bits per heavy atom. The Hall–Kier alpha value is -0.990. The third-order valence-corrected chi connectivity index (χ3v) is 2.50. The van der Waals surface area contributed by atoms with Crippen LogP contribution in [0.4, 0.5) is 13.2 Å². The van der Waals surface area contributed by atoms with Crippen molar-refractivity contribution >= 4 is 15.9 Å². The highest BCUT2D eigenvalue weighted by Gasteiger charge is 2.31. The lowest BCUT2D eigenvalue weighted by Crippen LogP contribution is -2.06. The first-order valence-corrected chi connectivity index (χ1v) is 4.66. The predicted octanol–water partition coefficient (Wildman–Crippen LogP) is 3.13. The van der Waals surface area contributed by atoms with E-state index in [9.17, 15) is 18.3 Å². The highest BCUT2D eigenvalue weighted by Crippen LogP contribution is 2.33. The lowest BCUT2D eigenvalue weighted by atomic mass is 10.1. The Kier molecular flexibility index (Phi) is 3.42. The molecule has 0 saturated heterocycles. The fraction of sp³-hybridized carbons (Fsp3) is 0.200. The largest absolute Gasteiger partial charge is 0.416 e. The van der Waals surface area contributed by atoms with Crippen LogP contribution >= 0.6 is 15.9 Å². The van der Waals surface area contributed by atoms with E-state index in [1.54, 1.807) is 0 Å². The fourth-order valence-corrected chi connectivity index (χ4v) is 1.48. The van der Waals surface area contributed by atoms with E-state index in [0.717, 1.165) is 12.1 Å². The molecule has 1 unspecified atom stereocenters. The lowest BCUT2D eigenvalue weighted by molar-refractivity contribution is -0.137. The number of rotatable bonds is 1. The van der Waals surface area contributed by atoms with E-state index < -0.39 is 17.8 Å². The van der Waals surface area contributed by atoms with Crippen molar-refractivity contribution in [3.63, 3.8) is 0 Å². The summed E-state index contributed by atoms with van der Waals surface area (Å²) in [6, 6.07) is 2.95. The summed E-state index contributed by atoms with van der Waals surface area (Å²) in [5, 5.41) is 9.27. The maximum atomic E-state index is 12.3. The molecule has 0 aliphatic heterocycles. The van der Waals surface area contributed by atoms with Gasteiger partial charge < -0.3 is 5.11 Å². The summed E-state index contributed by atoms with van der Waals surface area (Å²) in [6.45, 7) is 0. The zero-order chi connectivity index (χ0) is 11.6.